The minimum Gasteiger partial charge on any atom is -0.346 e. The second-order valence-corrected chi connectivity index (χ2v) is 7.62. The Hall–Kier alpha value is -1.60. The average Bonchev–Trinajstić information content (AvgIpc) is 2.73. The van der Waals surface area contributed by atoms with Gasteiger partial charge in [-0.3, -0.25) is 14.6 Å². The van der Waals surface area contributed by atoms with Crippen molar-refractivity contribution in [2.75, 3.05) is 40.3 Å². The van der Waals surface area contributed by atoms with Gasteiger partial charge in [-0.15, -0.1) is 0 Å². The number of halogens is 3. The molecular formula is C19H26F3N3O. The molecule has 144 valence electrons. The predicted molar refractivity (Wildman–Crippen MR) is 93.6 cm³/mol. The van der Waals surface area contributed by atoms with Crippen LogP contribution in [0.2, 0.25) is 0 Å². The van der Waals surface area contributed by atoms with Gasteiger partial charge in [0.1, 0.15) is 0 Å². The Morgan fingerprint density at radius 3 is 2.38 bits per heavy atom. The van der Waals surface area contributed by atoms with Crippen LogP contribution in [0.1, 0.15) is 30.4 Å². The van der Waals surface area contributed by atoms with E-state index in [1.54, 1.807) is 17.0 Å². The highest BCUT2D eigenvalue weighted by molar-refractivity contribution is 5.76. The number of hydrogen-bond donors (Lipinski definition) is 0. The van der Waals surface area contributed by atoms with Crippen LogP contribution < -0.4 is 0 Å². The lowest BCUT2D eigenvalue weighted by Crippen LogP contribution is -2.60. The zero-order valence-electron chi connectivity index (χ0n) is 15.4. The summed E-state index contributed by atoms with van der Waals surface area (Å²) in [5.74, 6) is 0.190. The molecule has 1 atom stereocenters. The Kier molecular flexibility index (Phi) is 5.30. The van der Waals surface area contributed by atoms with Crippen LogP contribution in [0.25, 0.3) is 0 Å². The Morgan fingerprint density at radius 2 is 1.73 bits per heavy atom. The number of alkyl halides is 3. The first-order valence-electron chi connectivity index (χ1n) is 9.03. The van der Waals surface area contributed by atoms with Crippen LogP contribution in [-0.4, -0.2) is 66.4 Å². The summed E-state index contributed by atoms with van der Waals surface area (Å²) in [5.41, 5.74) is 0.242. The highest BCUT2D eigenvalue weighted by Crippen LogP contribution is 2.33. The van der Waals surface area contributed by atoms with Crippen molar-refractivity contribution in [3.63, 3.8) is 0 Å². The molecule has 2 heterocycles. The average molecular weight is 369 g/mol. The van der Waals surface area contributed by atoms with Crippen molar-refractivity contribution in [2.24, 2.45) is 0 Å². The van der Waals surface area contributed by atoms with E-state index in [-0.39, 0.29) is 11.4 Å². The third kappa shape index (κ3) is 4.04. The summed E-state index contributed by atoms with van der Waals surface area (Å²) >= 11 is 0. The van der Waals surface area contributed by atoms with Gasteiger partial charge in [-0.1, -0.05) is 12.1 Å². The highest BCUT2D eigenvalue weighted by Gasteiger charge is 2.41. The van der Waals surface area contributed by atoms with E-state index in [2.05, 4.69) is 16.8 Å². The lowest BCUT2D eigenvalue weighted by molar-refractivity contribution is -0.137. The standard InChI is InChI=1S/C19H26F3N3O/c1-23-10-9-18(8-7-17(23)26)14-25(12-11-24(18)2)13-15-3-5-16(6-4-15)19(20,21)22/h3-6H,7-14H2,1-2H3/t18-/m0/s1. The van der Waals surface area contributed by atoms with Gasteiger partial charge in [-0.2, -0.15) is 13.2 Å². The third-order valence-corrected chi connectivity index (χ3v) is 5.91. The predicted octanol–water partition coefficient (Wildman–Crippen LogP) is 2.83. The van der Waals surface area contributed by atoms with Gasteiger partial charge in [-0.25, -0.2) is 0 Å². The van der Waals surface area contributed by atoms with Crippen molar-refractivity contribution < 1.29 is 18.0 Å². The minimum atomic E-state index is -4.30. The van der Waals surface area contributed by atoms with Gasteiger partial charge in [0.05, 0.1) is 5.56 Å². The van der Waals surface area contributed by atoms with Crippen LogP contribution in [0.5, 0.6) is 0 Å². The van der Waals surface area contributed by atoms with Crippen molar-refractivity contribution in [2.45, 2.75) is 37.5 Å². The summed E-state index contributed by atoms with van der Waals surface area (Å²) in [6, 6.07) is 5.44. The first-order chi connectivity index (χ1) is 12.2. The quantitative estimate of drug-likeness (QED) is 0.802. The van der Waals surface area contributed by atoms with Gasteiger partial charge < -0.3 is 4.90 Å². The molecule has 0 aliphatic carbocycles. The molecule has 0 N–H and O–H groups in total. The fraction of sp³-hybridized carbons (Fsp3) is 0.632. The summed E-state index contributed by atoms with van der Waals surface area (Å²) < 4.78 is 38.1. The molecule has 4 nitrogen and oxygen atoms in total. The molecule has 0 bridgehead atoms. The summed E-state index contributed by atoms with van der Waals surface area (Å²) in [5, 5.41) is 0. The fourth-order valence-electron chi connectivity index (χ4n) is 4.03. The lowest BCUT2D eigenvalue weighted by atomic mass is 9.86. The zero-order chi connectivity index (χ0) is 18.9. The van der Waals surface area contributed by atoms with Crippen LogP contribution in [0, 0.1) is 0 Å². The number of likely N-dealkylation sites (N-methyl/N-ethyl adjacent to an activating group) is 1. The Morgan fingerprint density at radius 1 is 1.04 bits per heavy atom. The second-order valence-electron chi connectivity index (χ2n) is 7.62. The molecule has 26 heavy (non-hydrogen) atoms. The maximum atomic E-state index is 12.7. The summed E-state index contributed by atoms with van der Waals surface area (Å²) in [4.78, 5) is 18.5. The SMILES string of the molecule is CN1CC[C@@]2(CCC1=O)CN(Cc1ccc(C(F)(F)F)cc1)CCN2C. The molecule has 1 spiro atoms. The zero-order valence-corrected chi connectivity index (χ0v) is 15.4. The number of carbonyl (C=O) groups is 1. The van der Waals surface area contributed by atoms with Crippen LogP contribution >= 0.6 is 0 Å². The maximum Gasteiger partial charge on any atom is 0.416 e. The largest absolute Gasteiger partial charge is 0.416 e. The molecule has 2 aliphatic rings. The van der Waals surface area contributed by atoms with E-state index < -0.39 is 11.7 Å². The van der Waals surface area contributed by atoms with E-state index in [9.17, 15) is 18.0 Å². The molecule has 7 heteroatoms. The number of benzene rings is 1. The Bertz CT molecular complexity index is 646. The van der Waals surface area contributed by atoms with E-state index in [4.69, 9.17) is 0 Å². The molecule has 2 saturated heterocycles. The minimum absolute atomic E-state index is 0.0371. The summed E-state index contributed by atoms with van der Waals surface area (Å²) in [7, 11) is 3.97. The van der Waals surface area contributed by atoms with Gasteiger partial charge in [0.2, 0.25) is 5.91 Å². The molecule has 3 rings (SSSR count). The van der Waals surface area contributed by atoms with Gasteiger partial charge in [0, 0.05) is 51.7 Å². The van der Waals surface area contributed by atoms with E-state index in [1.165, 1.54) is 0 Å². The van der Waals surface area contributed by atoms with E-state index >= 15 is 0 Å². The number of rotatable bonds is 2. The first-order valence-corrected chi connectivity index (χ1v) is 9.03. The number of hydrogen-bond acceptors (Lipinski definition) is 3. The van der Waals surface area contributed by atoms with Gasteiger partial charge in [0.25, 0.3) is 0 Å². The Labute approximate surface area is 152 Å². The molecular weight excluding hydrogens is 343 g/mol. The van der Waals surface area contributed by atoms with Crippen molar-refractivity contribution >= 4 is 5.91 Å². The smallest absolute Gasteiger partial charge is 0.346 e. The maximum absolute atomic E-state index is 12.7. The molecule has 0 saturated carbocycles. The van der Waals surface area contributed by atoms with Crippen LogP contribution in [0.4, 0.5) is 13.2 Å². The van der Waals surface area contributed by atoms with E-state index in [0.29, 0.717) is 13.0 Å². The second kappa shape index (κ2) is 7.19. The normalized spacial score (nSPS) is 26.3. The number of piperazine rings is 1. The molecule has 0 aromatic heterocycles. The number of carbonyl (C=O) groups excluding carboxylic acids is 1. The van der Waals surface area contributed by atoms with Crippen molar-refractivity contribution in [1.82, 2.24) is 14.7 Å². The first kappa shape index (κ1) is 19.2. The lowest BCUT2D eigenvalue weighted by Gasteiger charge is -2.49. The highest BCUT2D eigenvalue weighted by atomic mass is 19.4. The van der Waals surface area contributed by atoms with Crippen LogP contribution in [0.15, 0.2) is 24.3 Å². The van der Waals surface area contributed by atoms with Crippen molar-refractivity contribution in [3.05, 3.63) is 35.4 Å². The van der Waals surface area contributed by atoms with Crippen LogP contribution in [-0.2, 0) is 17.5 Å². The molecule has 2 fully saturated rings. The summed E-state index contributed by atoms with van der Waals surface area (Å²) in [6.07, 6.45) is -1.99. The van der Waals surface area contributed by atoms with E-state index in [1.807, 2.05) is 7.05 Å². The van der Waals surface area contributed by atoms with E-state index in [0.717, 1.165) is 56.7 Å². The van der Waals surface area contributed by atoms with Crippen molar-refractivity contribution in [1.29, 1.82) is 0 Å². The van der Waals surface area contributed by atoms with Crippen molar-refractivity contribution in [3.8, 4) is 0 Å². The molecule has 0 radical (unpaired) electrons. The van der Waals surface area contributed by atoms with Gasteiger partial charge in [-0.05, 0) is 37.6 Å². The topological polar surface area (TPSA) is 26.8 Å². The van der Waals surface area contributed by atoms with Gasteiger partial charge >= 0.3 is 6.18 Å². The number of nitrogens with zero attached hydrogens (tertiary/aromatic N) is 3. The molecule has 0 unspecified atom stereocenters. The summed E-state index contributed by atoms with van der Waals surface area (Å²) in [6.45, 7) is 4.00. The molecule has 1 amide bonds. The fourth-order valence-corrected chi connectivity index (χ4v) is 4.03. The van der Waals surface area contributed by atoms with Crippen LogP contribution in [0.3, 0.4) is 0 Å². The number of amides is 1. The monoisotopic (exact) mass is 369 g/mol. The molecule has 2 aliphatic heterocycles. The third-order valence-electron chi connectivity index (χ3n) is 5.91. The molecule has 1 aromatic rings. The van der Waals surface area contributed by atoms with Gasteiger partial charge in [0.15, 0.2) is 0 Å². The number of likely N-dealkylation sites (tertiary alicyclic amines) is 1. The molecule has 1 aromatic carbocycles. The Balaban J connectivity index is 1.69.